The molecule has 0 saturated heterocycles. The van der Waals surface area contributed by atoms with Gasteiger partial charge < -0.3 is 9.47 Å². The lowest BCUT2D eigenvalue weighted by Crippen LogP contribution is -2.54. The Morgan fingerprint density at radius 2 is 1.96 bits per heavy atom. The first kappa shape index (κ1) is 18.0. The van der Waals surface area contributed by atoms with Crippen molar-refractivity contribution in [2.45, 2.75) is 52.7 Å². The third kappa shape index (κ3) is 3.58. The molecular formula is C18H23NO5. The molecule has 6 heteroatoms. The van der Waals surface area contributed by atoms with Crippen molar-refractivity contribution in [3.63, 3.8) is 0 Å². The molecule has 0 aliphatic carbocycles. The van der Waals surface area contributed by atoms with Crippen LogP contribution in [0.4, 0.5) is 5.69 Å². The zero-order valence-electron chi connectivity index (χ0n) is 14.7. The molecular weight excluding hydrogens is 310 g/mol. The van der Waals surface area contributed by atoms with Crippen molar-refractivity contribution < 1.29 is 23.9 Å². The molecule has 130 valence electrons. The summed E-state index contributed by atoms with van der Waals surface area (Å²) in [6, 6.07) is 4.92. The smallest absolute Gasteiger partial charge is 0.326 e. The Kier molecular flexibility index (Phi) is 4.96. The maximum Gasteiger partial charge on any atom is 0.326 e. The highest BCUT2D eigenvalue weighted by Crippen LogP contribution is 2.38. The van der Waals surface area contributed by atoms with E-state index >= 15 is 0 Å². The number of ether oxygens (including phenoxy) is 2. The van der Waals surface area contributed by atoms with Gasteiger partial charge in [0.15, 0.2) is 11.4 Å². The van der Waals surface area contributed by atoms with Crippen LogP contribution in [0.5, 0.6) is 5.75 Å². The maximum absolute atomic E-state index is 12.7. The van der Waals surface area contributed by atoms with Crippen LogP contribution in [0.2, 0.25) is 0 Å². The highest BCUT2D eigenvalue weighted by atomic mass is 16.5. The number of hydrogen-bond donors (Lipinski definition) is 0. The fraction of sp³-hybridized carbons (Fsp3) is 0.500. The maximum atomic E-state index is 12.7. The second kappa shape index (κ2) is 6.63. The third-order valence-electron chi connectivity index (χ3n) is 3.67. The number of nitrogens with zero attached hydrogens (tertiary/aromatic N) is 1. The van der Waals surface area contributed by atoms with Gasteiger partial charge in [0.1, 0.15) is 12.3 Å². The van der Waals surface area contributed by atoms with E-state index in [1.54, 1.807) is 52.8 Å². The predicted molar refractivity (Wildman–Crippen MR) is 89.4 cm³/mol. The van der Waals surface area contributed by atoms with Crippen molar-refractivity contribution in [1.29, 1.82) is 0 Å². The van der Waals surface area contributed by atoms with Crippen molar-refractivity contribution in [3.8, 4) is 5.75 Å². The Morgan fingerprint density at radius 3 is 2.54 bits per heavy atom. The predicted octanol–water partition coefficient (Wildman–Crippen LogP) is 2.73. The fourth-order valence-corrected chi connectivity index (χ4v) is 2.53. The van der Waals surface area contributed by atoms with E-state index < -0.39 is 11.6 Å². The summed E-state index contributed by atoms with van der Waals surface area (Å²) in [6.45, 7) is 8.32. The molecule has 0 bridgehead atoms. The van der Waals surface area contributed by atoms with Gasteiger partial charge in [0.2, 0.25) is 0 Å². The van der Waals surface area contributed by atoms with E-state index in [0.29, 0.717) is 23.4 Å². The van der Waals surface area contributed by atoms with Gasteiger partial charge in [0.25, 0.3) is 5.91 Å². The molecule has 24 heavy (non-hydrogen) atoms. The average molecular weight is 333 g/mol. The van der Waals surface area contributed by atoms with Gasteiger partial charge in [0.05, 0.1) is 11.8 Å². The minimum Gasteiger partial charge on any atom is -0.476 e. The first-order valence-electron chi connectivity index (χ1n) is 8.03. The Balaban J connectivity index is 2.43. The molecule has 0 saturated carbocycles. The van der Waals surface area contributed by atoms with Gasteiger partial charge in [-0.3, -0.25) is 19.3 Å². The Labute approximate surface area is 141 Å². The summed E-state index contributed by atoms with van der Waals surface area (Å²) in [7, 11) is 0. The second-order valence-corrected chi connectivity index (χ2v) is 6.50. The largest absolute Gasteiger partial charge is 0.476 e. The number of esters is 1. The molecule has 0 unspecified atom stereocenters. The van der Waals surface area contributed by atoms with E-state index in [2.05, 4.69) is 0 Å². The van der Waals surface area contributed by atoms with Gasteiger partial charge in [-0.25, -0.2) is 0 Å². The number of ketones is 1. The van der Waals surface area contributed by atoms with Crippen molar-refractivity contribution >= 4 is 23.3 Å². The number of fused-ring (bicyclic) bond motifs is 1. The summed E-state index contributed by atoms with van der Waals surface area (Å²) in [5.74, 6) is -0.435. The van der Waals surface area contributed by atoms with Crippen LogP contribution in [0.25, 0.3) is 0 Å². The highest BCUT2D eigenvalue weighted by molar-refractivity contribution is 6.06. The summed E-state index contributed by atoms with van der Waals surface area (Å²) in [4.78, 5) is 38.0. The molecule has 0 fully saturated rings. The van der Waals surface area contributed by atoms with Gasteiger partial charge >= 0.3 is 5.97 Å². The summed E-state index contributed by atoms with van der Waals surface area (Å²) >= 11 is 0. The minimum absolute atomic E-state index is 0.0419. The topological polar surface area (TPSA) is 72.9 Å². The van der Waals surface area contributed by atoms with Gasteiger partial charge in [-0.2, -0.15) is 0 Å². The van der Waals surface area contributed by atoms with Gasteiger partial charge in [-0.05, 0) is 45.9 Å². The lowest BCUT2D eigenvalue weighted by Gasteiger charge is -2.38. The fourth-order valence-electron chi connectivity index (χ4n) is 2.53. The lowest BCUT2D eigenvalue weighted by atomic mass is 10.0. The SMILES string of the molecule is CCC(=O)c1ccc2c(c1)N(CC(=O)OC(C)C)C(=O)C(C)(C)O2. The van der Waals surface area contributed by atoms with E-state index in [-0.39, 0.29) is 24.3 Å². The van der Waals surface area contributed by atoms with Crippen LogP contribution in [-0.2, 0) is 14.3 Å². The molecule has 1 aromatic rings. The normalized spacial score (nSPS) is 15.8. The van der Waals surface area contributed by atoms with E-state index in [1.807, 2.05) is 0 Å². The van der Waals surface area contributed by atoms with Crippen molar-refractivity contribution in [3.05, 3.63) is 23.8 Å². The molecule has 0 spiro atoms. The molecule has 1 aromatic carbocycles. The van der Waals surface area contributed by atoms with E-state index in [4.69, 9.17) is 9.47 Å². The lowest BCUT2D eigenvalue weighted by molar-refractivity contribution is -0.147. The van der Waals surface area contributed by atoms with Gasteiger partial charge in [-0.1, -0.05) is 6.92 Å². The number of carbonyl (C=O) groups excluding carboxylic acids is 3. The second-order valence-electron chi connectivity index (χ2n) is 6.50. The number of hydrogen-bond acceptors (Lipinski definition) is 5. The van der Waals surface area contributed by atoms with Crippen LogP contribution in [0.15, 0.2) is 18.2 Å². The molecule has 2 rings (SSSR count). The number of amides is 1. The first-order valence-corrected chi connectivity index (χ1v) is 8.03. The van der Waals surface area contributed by atoms with Crippen molar-refractivity contribution in [2.24, 2.45) is 0 Å². The Bertz CT molecular complexity index is 678. The third-order valence-corrected chi connectivity index (χ3v) is 3.67. The van der Waals surface area contributed by atoms with Crippen molar-refractivity contribution in [1.82, 2.24) is 0 Å². The van der Waals surface area contributed by atoms with Crippen LogP contribution in [0, 0.1) is 0 Å². The number of rotatable bonds is 5. The summed E-state index contributed by atoms with van der Waals surface area (Å²) < 4.78 is 10.9. The zero-order chi connectivity index (χ0) is 18.1. The van der Waals surface area contributed by atoms with E-state index in [1.165, 1.54) is 4.90 Å². The summed E-state index contributed by atoms with van der Waals surface area (Å²) in [6.07, 6.45) is 0.0863. The monoisotopic (exact) mass is 333 g/mol. The average Bonchev–Trinajstić information content (AvgIpc) is 2.49. The van der Waals surface area contributed by atoms with Crippen LogP contribution in [-0.4, -0.2) is 35.9 Å². The molecule has 6 nitrogen and oxygen atoms in total. The quantitative estimate of drug-likeness (QED) is 0.612. The summed E-state index contributed by atoms with van der Waals surface area (Å²) in [5.41, 5.74) is -0.199. The molecule has 0 aromatic heterocycles. The zero-order valence-corrected chi connectivity index (χ0v) is 14.7. The molecule has 1 heterocycles. The molecule has 1 aliphatic heterocycles. The number of benzene rings is 1. The Morgan fingerprint density at radius 1 is 1.29 bits per heavy atom. The minimum atomic E-state index is -1.10. The van der Waals surface area contributed by atoms with E-state index in [9.17, 15) is 14.4 Å². The van der Waals surface area contributed by atoms with Gasteiger partial charge in [-0.15, -0.1) is 0 Å². The molecule has 0 radical (unpaired) electrons. The van der Waals surface area contributed by atoms with Crippen molar-refractivity contribution in [2.75, 3.05) is 11.4 Å². The summed E-state index contributed by atoms with van der Waals surface area (Å²) in [5, 5.41) is 0. The van der Waals surface area contributed by atoms with Gasteiger partial charge in [0, 0.05) is 12.0 Å². The first-order chi connectivity index (χ1) is 11.2. The van der Waals surface area contributed by atoms with Crippen LogP contribution >= 0.6 is 0 Å². The highest BCUT2D eigenvalue weighted by Gasteiger charge is 2.42. The molecule has 0 atom stereocenters. The molecule has 1 aliphatic rings. The van der Waals surface area contributed by atoms with Crippen LogP contribution in [0.1, 0.15) is 51.4 Å². The molecule has 0 N–H and O–H groups in total. The van der Waals surface area contributed by atoms with Crippen LogP contribution < -0.4 is 9.64 Å². The number of carbonyl (C=O) groups is 3. The van der Waals surface area contributed by atoms with Crippen LogP contribution in [0.3, 0.4) is 0 Å². The molecule has 1 amide bonds. The number of Topliss-reactive ketones (excluding diaryl/α,β-unsaturated/α-hetero) is 1. The Hall–Kier alpha value is -2.37. The van der Waals surface area contributed by atoms with E-state index in [0.717, 1.165) is 0 Å². The number of anilines is 1. The standard InChI is InChI=1S/C18H23NO5/c1-6-14(20)12-7-8-15-13(9-12)19(10-16(21)23-11(2)3)17(22)18(4,5)24-15/h7-9,11H,6,10H2,1-5H3.